The molecule has 4 rings (SSSR count). The number of nitrogen functional groups attached to an aromatic ring is 1. The van der Waals surface area contributed by atoms with E-state index < -0.39 is 0 Å². The van der Waals surface area contributed by atoms with Crippen LogP contribution in [-0.4, -0.2) is 73.5 Å². The fourth-order valence-electron chi connectivity index (χ4n) is 3.83. The van der Waals surface area contributed by atoms with Gasteiger partial charge in [-0.1, -0.05) is 11.6 Å². The Morgan fingerprint density at radius 1 is 1.16 bits per heavy atom. The molecule has 0 aliphatic carbocycles. The number of pyridine rings is 1. The summed E-state index contributed by atoms with van der Waals surface area (Å²) in [4.78, 5) is 15.8. The highest BCUT2D eigenvalue weighted by Crippen LogP contribution is 2.43. The Bertz CT molecular complexity index is 1090. The van der Waals surface area contributed by atoms with Crippen molar-refractivity contribution in [2.45, 2.75) is 6.92 Å². The maximum Gasteiger partial charge on any atom is 0.220 e. The van der Waals surface area contributed by atoms with E-state index in [1.54, 1.807) is 26.5 Å². The first-order valence-corrected chi connectivity index (χ1v) is 10.8. The van der Waals surface area contributed by atoms with Crippen molar-refractivity contribution < 1.29 is 14.2 Å². The zero-order valence-corrected chi connectivity index (χ0v) is 19.2. The number of morpholine rings is 1. The number of hydrogen-bond donors (Lipinski definition) is 2. The van der Waals surface area contributed by atoms with Crippen molar-refractivity contribution in [3.8, 4) is 22.8 Å². The number of aromatic nitrogens is 3. The third-order valence-electron chi connectivity index (χ3n) is 5.55. The van der Waals surface area contributed by atoms with Crippen molar-refractivity contribution in [2.24, 2.45) is 0 Å². The number of rotatable bonds is 7. The standard InChI is InChI=1S/C22H27ClN6O3/c1-13-16(30-2)11-17(31-3)19(23)18(13)15-10-14-12-26-22(24)28-20(14)21(27-15)25-4-5-29-6-8-32-9-7-29/h10-12H,4-9H2,1-3H3,(H,25,27)(H2,24,26,28). The van der Waals surface area contributed by atoms with Gasteiger partial charge in [0, 0.05) is 55.0 Å². The molecule has 0 saturated carbocycles. The van der Waals surface area contributed by atoms with Crippen LogP contribution in [0.5, 0.6) is 11.5 Å². The minimum Gasteiger partial charge on any atom is -0.496 e. The quantitative estimate of drug-likeness (QED) is 0.552. The summed E-state index contributed by atoms with van der Waals surface area (Å²) >= 11 is 6.70. The molecule has 9 nitrogen and oxygen atoms in total. The molecule has 0 bridgehead atoms. The van der Waals surface area contributed by atoms with Crippen LogP contribution in [0.4, 0.5) is 11.8 Å². The molecule has 2 aromatic heterocycles. The van der Waals surface area contributed by atoms with Gasteiger partial charge >= 0.3 is 0 Å². The van der Waals surface area contributed by atoms with E-state index in [2.05, 4.69) is 20.2 Å². The fourth-order valence-corrected chi connectivity index (χ4v) is 4.20. The molecule has 1 aromatic carbocycles. The molecule has 0 radical (unpaired) electrons. The minimum atomic E-state index is 0.195. The van der Waals surface area contributed by atoms with Gasteiger partial charge < -0.3 is 25.3 Å². The van der Waals surface area contributed by atoms with E-state index >= 15 is 0 Å². The van der Waals surface area contributed by atoms with Gasteiger partial charge in [-0.3, -0.25) is 4.90 Å². The maximum absolute atomic E-state index is 6.70. The van der Waals surface area contributed by atoms with Gasteiger partial charge in [0.15, 0.2) is 5.82 Å². The van der Waals surface area contributed by atoms with E-state index in [9.17, 15) is 0 Å². The first-order valence-electron chi connectivity index (χ1n) is 10.4. The van der Waals surface area contributed by atoms with E-state index in [0.717, 1.165) is 49.4 Å². The largest absolute Gasteiger partial charge is 0.496 e. The predicted octanol–water partition coefficient (Wildman–Crippen LogP) is 3.00. The molecular formula is C22H27ClN6O3. The third kappa shape index (κ3) is 4.50. The Balaban J connectivity index is 1.75. The molecule has 1 aliphatic rings. The molecule has 0 unspecified atom stereocenters. The molecule has 170 valence electrons. The molecule has 32 heavy (non-hydrogen) atoms. The summed E-state index contributed by atoms with van der Waals surface area (Å²) in [5.41, 5.74) is 8.78. The molecule has 1 aliphatic heterocycles. The Labute approximate surface area is 191 Å². The van der Waals surface area contributed by atoms with Crippen LogP contribution >= 0.6 is 11.6 Å². The Morgan fingerprint density at radius 2 is 1.91 bits per heavy atom. The van der Waals surface area contributed by atoms with Crippen molar-refractivity contribution in [3.63, 3.8) is 0 Å². The third-order valence-corrected chi connectivity index (χ3v) is 5.92. The summed E-state index contributed by atoms with van der Waals surface area (Å²) in [6, 6.07) is 3.67. The lowest BCUT2D eigenvalue weighted by Gasteiger charge is -2.26. The number of halogens is 1. The van der Waals surface area contributed by atoms with Crippen LogP contribution in [0.2, 0.25) is 5.02 Å². The summed E-state index contributed by atoms with van der Waals surface area (Å²) in [6.07, 6.45) is 1.69. The first-order chi connectivity index (χ1) is 15.5. The Kier molecular flexibility index (Phi) is 6.78. The van der Waals surface area contributed by atoms with Gasteiger partial charge in [-0.05, 0) is 13.0 Å². The van der Waals surface area contributed by atoms with Crippen LogP contribution in [0.15, 0.2) is 18.3 Å². The number of nitrogens with zero attached hydrogens (tertiary/aromatic N) is 4. The second-order valence-corrected chi connectivity index (χ2v) is 7.88. The smallest absolute Gasteiger partial charge is 0.220 e. The first kappa shape index (κ1) is 22.3. The lowest BCUT2D eigenvalue weighted by molar-refractivity contribution is 0.0398. The predicted molar refractivity (Wildman–Crippen MR) is 126 cm³/mol. The van der Waals surface area contributed by atoms with Crippen LogP contribution in [0.1, 0.15) is 5.56 Å². The molecule has 10 heteroatoms. The lowest BCUT2D eigenvalue weighted by atomic mass is 10.0. The van der Waals surface area contributed by atoms with Crippen LogP contribution in [0.3, 0.4) is 0 Å². The number of benzene rings is 1. The zero-order valence-electron chi connectivity index (χ0n) is 18.4. The summed E-state index contributed by atoms with van der Waals surface area (Å²) in [5.74, 6) is 2.00. The average molecular weight is 459 g/mol. The van der Waals surface area contributed by atoms with Gasteiger partial charge in [0.1, 0.15) is 17.0 Å². The number of fused-ring (bicyclic) bond motifs is 1. The van der Waals surface area contributed by atoms with E-state index in [4.69, 9.17) is 36.5 Å². The second-order valence-electron chi connectivity index (χ2n) is 7.50. The van der Waals surface area contributed by atoms with Crippen LogP contribution in [0, 0.1) is 6.92 Å². The van der Waals surface area contributed by atoms with Crippen LogP contribution < -0.4 is 20.5 Å². The maximum atomic E-state index is 6.70. The average Bonchev–Trinajstić information content (AvgIpc) is 2.80. The summed E-state index contributed by atoms with van der Waals surface area (Å²) in [5, 5.41) is 4.69. The van der Waals surface area contributed by atoms with Crippen molar-refractivity contribution >= 4 is 34.3 Å². The van der Waals surface area contributed by atoms with Crippen molar-refractivity contribution in [2.75, 3.05) is 64.7 Å². The molecule has 3 heterocycles. The monoisotopic (exact) mass is 458 g/mol. The highest BCUT2D eigenvalue weighted by atomic mass is 35.5. The summed E-state index contributed by atoms with van der Waals surface area (Å²) < 4.78 is 16.4. The SMILES string of the molecule is COc1cc(OC)c(Cl)c(-c2cc3cnc(N)nc3c(NCCN3CCOCC3)n2)c1C. The molecule has 0 amide bonds. The Hall–Kier alpha value is -2.88. The molecule has 0 spiro atoms. The highest BCUT2D eigenvalue weighted by molar-refractivity contribution is 6.35. The summed E-state index contributed by atoms with van der Waals surface area (Å²) in [6.45, 7) is 6.86. The zero-order chi connectivity index (χ0) is 22.7. The molecule has 3 aromatic rings. The van der Waals surface area contributed by atoms with Crippen molar-refractivity contribution in [1.82, 2.24) is 19.9 Å². The molecule has 1 fully saturated rings. The minimum absolute atomic E-state index is 0.195. The van der Waals surface area contributed by atoms with Gasteiger partial charge in [0.25, 0.3) is 0 Å². The van der Waals surface area contributed by atoms with E-state index in [0.29, 0.717) is 40.1 Å². The van der Waals surface area contributed by atoms with E-state index in [1.165, 1.54) is 0 Å². The normalized spacial score (nSPS) is 14.5. The van der Waals surface area contributed by atoms with E-state index in [-0.39, 0.29) is 5.95 Å². The topological polar surface area (TPSA) is 108 Å². The van der Waals surface area contributed by atoms with Crippen molar-refractivity contribution in [3.05, 3.63) is 28.9 Å². The molecule has 3 N–H and O–H groups in total. The number of hydrogen-bond acceptors (Lipinski definition) is 9. The highest BCUT2D eigenvalue weighted by Gasteiger charge is 2.20. The van der Waals surface area contributed by atoms with Crippen molar-refractivity contribution in [1.29, 1.82) is 0 Å². The number of nitrogens with one attached hydrogen (secondary N) is 1. The number of ether oxygens (including phenoxy) is 3. The number of nitrogens with two attached hydrogens (primary N) is 1. The van der Waals surface area contributed by atoms with E-state index in [1.807, 2.05) is 13.0 Å². The van der Waals surface area contributed by atoms with Crippen LogP contribution in [-0.2, 0) is 4.74 Å². The second kappa shape index (κ2) is 9.72. The molecule has 0 atom stereocenters. The van der Waals surface area contributed by atoms with Gasteiger partial charge in [-0.15, -0.1) is 0 Å². The van der Waals surface area contributed by atoms with Crippen LogP contribution in [0.25, 0.3) is 22.2 Å². The fraction of sp³-hybridized carbons (Fsp3) is 0.409. The Morgan fingerprint density at radius 3 is 2.62 bits per heavy atom. The van der Waals surface area contributed by atoms with Gasteiger partial charge in [-0.2, -0.15) is 0 Å². The lowest BCUT2D eigenvalue weighted by Crippen LogP contribution is -2.39. The van der Waals surface area contributed by atoms with Gasteiger partial charge in [-0.25, -0.2) is 15.0 Å². The van der Waals surface area contributed by atoms with Gasteiger partial charge in [0.2, 0.25) is 5.95 Å². The molecule has 1 saturated heterocycles. The number of anilines is 2. The summed E-state index contributed by atoms with van der Waals surface area (Å²) in [7, 11) is 3.19. The molecular weight excluding hydrogens is 432 g/mol. The number of methoxy groups -OCH3 is 2. The van der Waals surface area contributed by atoms with Gasteiger partial charge in [0.05, 0.1) is 38.1 Å².